The lowest BCUT2D eigenvalue weighted by atomic mass is 9.89. The second kappa shape index (κ2) is 5.34. The van der Waals surface area contributed by atoms with Gasteiger partial charge in [0, 0.05) is 26.1 Å². The highest BCUT2D eigenvalue weighted by atomic mass is 19.4. The molecule has 2 aliphatic heterocycles. The Labute approximate surface area is 105 Å². The summed E-state index contributed by atoms with van der Waals surface area (Å²) in [6, 6.07) is 0. The van der Waals surface area contributed by atoms with Gasteiger partial charge in [0.05, 0.1) is 0 Å². The van der Waals surface area contributed by atoms with Gasteiger partial charge < -0.3 is 4.74 Å². The molecule has 1 spiro atoms. The number of likely N-dealkylation sites (tertiary alicyclic amines) is 1. The molecule has 2 fully saturated rings. The lowest BCUT2D eigenvalue weighted by molar-refractivity contribution is -0.168. The molecule has 2 saturated heterocycles. The Balaban J connectivity index is 0.000000771. The summed E-state index contributed by atoms with van der Waals surface area (Å²) in [7, 11) is 1.88. The van der Waals surface area contributed by atoms with Crippen LogP contribution in [0.3, 0.4) is 0 Å². The van der Waals surface area contributed by atoms with Crippen molar-refractivity contribution in [2.24, 2.45) is 0 Å². The molecule has 0 bridgehead atoms. The maximum absolute atomic E-state index is 12.1. The maximum atomic E-state index is 12.1. The summed E-state index contributed by atoms with van der Waals surface area (Å²) in [6.07, 6.45) is -4.74. The van der Waals surface area contributed by atoms with Gasteiger partial charge in [0.15, 0.2) is 0 Å². The van der Waals surface area contributed by atoms with E-state index in [9.17, 15) is 18.0 Å². The van der Waals surface area contributed by atoms with Crippen LogP contribution in [-0.2, 0) is 4.74 Å². The molecule has 0 atom stereocenters. The molecule has 0 radical (unpaired) electrons. The molecule has 0 saturated carbocycles. The van der Waals surface area contributed by atoms with Crippen LogP contribution in [0.5, 0.6) is 0 Å². The van der Waals surface area contributed by atoms with E-state index in [0.717, 1.165) is 0 Å². The first-order valence-electron chi connectivity index (χ1n) is 6.03. The van der Waals surface area contributed by atoms with Crippen LogP contribution in [0.1, 0.15) is 20.3 Å². The maximum Gasteiger partial charge on any atom is 0.410 e. The number of ether oxygens (including phenoxy) is 1. The van der Waals surface area contributed by atoms with Gasteiger partial charge >= 0.3 is 12.3 Å². The third-order valence-corrected chi connectivity index (χ3v) is 2.89. The van der Waals surface area contributed by atoms with Crippen molar-refractivity contribution in [3.05, 3.63) is 0 Å². The Morgan fingerprint density at radius 1 is 1.33 bits per heavy atom. The molecule has 0 unspecified atom stereocenters. The lowest BCUT2D eigenvalue weighted by Gasteiger charge is -2.51. The molecule has 1 amide bonds. The van der Waals surface area contributed by atoms with E-state index in [-0.39, 0.29) is 6.54 Å². The fourth-order valence-electron chi connectivity index (χ4n) is 2.25. The predicted molar refractivity (Wildman–Crippen MR) is 60.3 cm³/mol. The van der Waals surface area contributed by atoms with Crippen LogP contribution in [0.15, 0.2) is 0 Å². The van der Waals surface area contributed by atoms with E-state index in [2.05, 4.69) is 0 Å². The molecule has 0 aromatic carbocycles. The van der Waals surface area contributed by atoms with Gasteiger partial charge in [-0.3, -0.25) is 9.80 Å². The summed E-state index contributed by atoms with van der Waals surface area (Å²) >= 11 is 0. The van der Waals surface area contributed by atoms with Crippen molar-refractivity contribution in [2.45, 2.75) is 32.0 Å². The molecular weight excluding hydrogens is 249 g/mol. The Morgan fingerprint density at radius 3 is 2.28 bits per heavy atom. The topological polar surface area (TPSA) is 32.8 Å². The summed E-state index contributed by atoms with van der Waals surface area (Å²) in [6.45, 7) is 4.11. The number of hydrogen-bond acceptors (Lipinski definition) is 3. The minimum absolute atomic E-state index is 0.117. The van der Waals surface area contributed by atoms with Crippen molar-refractivity contribution in [2.75, 3.05) is 33.2 Å². The molecule has 2 aliphatic rings. The first kappa shape index (κ1) is 15.1. The summed E-state index contributed by atoms with van der Waals surface area (Å²) in [5, 5.41) is 0. The second-order valence-corrected chi connectivity index (χ2v) is 4.51. The van der Waals surface area contributed by atoms with Crippen LogP contribution in [0.25, 0.3) is 0 Å². The van der Waals surface area contributed by atoms with Crippen molar-refractivity contribution in [3.63, 3.8) is 0 Å². The van der Waals surface area contributed by atoms with Gasteiger partial charge in [-0.05, 0) is 7.05 Å². The van der Waals surface area contributed by atoms with E-state index in [1.807, 2.05) is 25.8 Å². The van der Waals surface area contributed by atoms with Crippen LogP contribution < -0.4 is 0 Å². The highest BCUT2D eigenvalue weighted by Crippen LogP contribution is 2.32. The Hall–Kier alpha value is -0.980. The summed E-state index contributed by atoms with van der Waals surface area (Å²) < 4.78 is 41.4. The average Bonchev–Trinajstić information content (AvgIpc) is 2.22. The van der Waals surface area contributed by atoms with Crippen LogP contribution in [0, 0.1) is 0 Å². The number of rotatable bonds is 1. The molecule has 0 N–H and O–H groups in total. The zero-order chi connectivity index (χ0) is 14.0. The van der Waals surface area contributed by atoms with Gasteiger partial charge in [0.25, 0.3) is 0 Å². The van der Waals surface area contributed by atoms with Gasteiger partial charge in [-0.15, -0.1) is 0 Å². The second-order valence-electron chi connectivity index (χ2n) is 4.51. The number of nitrogens with zero attached hydrogens (tertiary/aromatic N) is 2. The van der Waals surface area contributed by atoms with Crippen molar-refractivity contribution in [1.82, 2.24) is 9.80 Å². The van der Waals surface area contributed by atoms with E-state index >= 15 is 0 Å². The summed E-state index contributed by atoms with van der Waals surface area (Å²) in [4.78, 5) is 14.0. The number of carbonyl (C=O) groups excluding carboxylic acids is 1. The quantitative estimate of drug-likeness (QED) is 0.730. The van der Waals surface area contributed by atoms with E-state index < -0.39 is 24.4 Å². The van der Waals surface area contributed by atoms with Crippen molar-refractivity contribution in [3.8, 4) is 0 Å². The third-order valence-electron chi connectivity index (χ3n) is 2.89. The molecule has 0 aromatic heterocycles. The van der Waals surface area contributed by atoms with Crippen molar-refractivity contribution >= 4 is 6.09 Å². The van der Waals surface area contributed by atoms with Crippen molar-refractivity contribution in [1.29, 1.82) is 0 Å². The zero-order valence-corrected chi connectivity index (χ0v) is 10.9. The number of amides is 1. The monoisotopic (exact) mass is 268 g/mol. The largest absolute Gasteiger partial charge is 0.440 e. The molecule has 0 aliphatic carbocycles. The predicted octanol–water partition coefficient (Wildman–Crippen LogP) is 2.10. The number of carbonyl (C=O) groups is 1. The van der Waals surface area contributed by atoms with E-state index in [1.54, 1.807) is 0 Å². The fourth-order valence-corrected chi connectivity index (χ4v) is 2.25. The molecule has 18 heavy (non-hydrogen) atoms. The highest BCUT2D eigenvalue weighted by Gasteiger charge is 2.49. The molecule has 2 heterocycles. The Bertz CT molecular complexity index is 301. The minimum atomic E-state index is -4.36. The molecule has 0 aromatic rings. The van der Waals surface area contributed by atoms with Gasteiger partial charge in [-0.2, -0.15) is 13.2 Å². The smallest absolute Gasteiger partial charge is 0.410 e. The van der Waals surface area contributed by atoms with E-state index in [0.29, 0.717) is 24.4 Å². The van der Waals surface area contributed by atoms with Crippen molar-refractivity contribution < 1.29 is 22.7 Å². The van der Waals surface area contributed by atoms with E-state index in [1.165, 1.54) is 0 Å². The van der Waals surface area contributed by atoms with Gasteiger partial charge in [-0.1, -0.05) is 13.8 Å². The molecular formula is C11H19F3N2O2. The van der Waals surface area contributed by atoms with Crippen LogP contribution in [0.4, 0.5) is 18.0 Å². The average molecular weight is 268 g/mol. The van der Waals surface area contributed by atoms with Gasteiger partial charge in [0.1, 0.15) is 12.1 Å². The van der Waals surface area contributed by atoms with Gasteiger partial charge in [-0.25, -0.2) is 4.79 Å². The SMILES string of the molecule is CC.CN1CC2(CCN(CC(F)(F)F)C(=O)O2)C1. The molecule has 2 rings (SSSR count). The first-order valence-corrected chi connectivity index (χ1v) is 6.03. The Morgan fingerprint density at radius 2 is 1.89 bits per heavy atom. The first-order chi connectivity index (χ1) is 8.30. The standard InChI is InChI=1S/C9H13F3N2O2.C2H6/c1-13-4-8(5-13)2-3-14(7(15)16-8)6-9(10,11)12;1-2/h2-6H2,1H3;1-2H3. The number of hydrogen-bond donors (Lipinski definition) is 0. The molecule has 4 nitrogen and oxygen atoms in total. The van der Waals surface area contributed by atoms with Crippen LogP contribution in [-0.4, -0.2) is 60.9 Å². The van der Waals surface area contributed by atoms with Gasteiger partial charge in [0.2, 0.25) is 0 Å². The fraction of sp³-hybridized carbons (Fsp3) is 0.909. The summed E-state index contributed by atoms with van der Waals surface area (Å²) in [5.41, 5.74) is -0.534. The Kier molecular flexibility index (Phi) is 4.47. The normalized spacial score (nSPS) is 23.0. The van der Waals surface area contributed by atoms with Crippen LogP contribution in [0.2, 0.25) is 0 Å². The summed E-state index contributed by atoms with van der Waals surface area (Å²) in [5.74, 6) is 0. The molecule has 106 valence electrons. The zero-order valence-electron chi connectivity index (χ0n) is 10.9. The third kappa shape index (κ3) is 3.51. The van der Waals surface area contributed by atoms with E-state index in [4.69, 9.17) is 4.74 Å². The number of halogens is 3. The number of alkyl halides is 3. The van der Waals surface area contributed by atoms with Crippen LogP contribution >= 0.6 is 0 Å². The minimum Gasteiger partial charge on any atom is -0.440 e. The number of likely N-dealkylation sites (N-methyl/N-ethyl adjacent to an activating group) is 1. The lowest BCUT2D eigenvalue weighted by Crippen LogP contribution is -2.66. The molecule has 7 heteroatoms. The highest BCUT2D eigenvalue weighted by molar-refractivity contribution is 5.69.